The first-order valence-electron chi connectivity index (χ1n) is 5.10. The molecule has 0 amide bonds. The Labute approximate surface area is 109 Å². The SMILES string of the molecule is CCN(c1ccccc1)c1nc(Cl)nnc1Cl. The van der Waals surface area contributed by atoms with E-state index in [2.05, 4.69) is 15.2 Å². The third-order valence-electron chi connectivity index (χ3n) is 2.24. The first kappa shape index (κ1) is 12.1. The van der Waals surface area contributed by atoms with Crippen LogP contribution in [-0.4, -0.2) is 21.7 Å². The molecule has 0 aliphatic heterocycles. The second-order valence-electron chi connectivity index (χ2n) is 3.28. The zero-order valence-corrected chi connectivity index (χ0v) is 10.7. The molecular weight excluding hydrogens is 259 g/mol. The number of para-hydroxylation sites is 1. The van der Waals surface area contributed by atoms with Crippen LogP contribution in [-0.2, 0) is 0 Å². The van der Waals surface area contributed by atoms with Crippen molar-refractivity contribution in [3.05, 3.63) is 40.8 Å². The molecule has 2 aromatic rings. The van der Waals surface area contributed by atoms with Gasteiger partial charge in [-0.05, 0) is 30.7 Å². The molecule has 0 spiro atoms. The number of rotatable bonds is 3. The quantitative estimate of drug-likeness (QED) is 0.857. The average Bonchev–Trinajstić information content (AvgIpc) is 2.36. The number of hydrogen-bond acceptors (Lipinski definition) is 4. The van der Waals surface area contributed by atoms with E-state index in [1.165, 1.54) is 0 Å². The summed E-state index contributed by atoms with van der Waals surface area (Å²) in [5.74, 6) is 0.514. The van der Waals surface area contributed by atoms with Crippen molar-refractivity contribution in [1.29, 1.82) is 0 Å². The van der Waals surface area contributed by atoms with Gasteiger partial charge in [0, 0.05) is 12.2 Å². The fourth-order valence-electron chi connectivity index (χ4n) is 1.52. The minimum Gasteiger partial charge on any atom is -0.324 e. The number of aromatic nitrogens is 3. The van der Waals surface area contributed by atoms with Crippen molar-refractivity contribution >= 4 is 34.7 Å². The van der Waals surface area contributed by atoms with Gasteiger partial charge in [0.2, 0.25) is 5.28 Å². The summed E-state index contributed by atoms with van der Waals surface area (Å²) in [6, 6.07) is 9.78. The highest BCUT2D eigenvalue weighted by Crippen LogP contribution is 2.28. The molecule has 88 valence electrons. The van der Waals surface area contributed by atoms with Crippen LogP contribution in [0.1, 0.15) is 6.92 Å². The van der Waals surface area contributed by atoms with E-state index in [0.717, 1.165) is 5.69 Å². The van der Waals surface area contributed by atoms with Crippen molar-refractivity contribution in [2.45, 2.75) is 6.92 Å². The first-order chi connectivity index (χ1) is 8.22. The molecule has 17 heavy (non-hydrogen) atoms. The summed E-state index contributed by atoms with van der Waals surface area (Å²) in [5, 5.41) is 7.67. The summed E-state index contributed by atoms with van der Waals surface area (Å²) in [6.07, 6.45) is 0. The molecule has 0 N–H and O–H groups in total. The van der Waals surface area contributed by atoms with Crippen molar-refractivity contribution in [3.8, 4) is 0 Å². The van der Waals surface area contributed by atoms with E-state index < -0.39 is 0 Å². The molecule has 0 saturated carbocycles. The lowest BCUT2D eigenvalue weighted by molar-refractivity contribution is 0.916. The second kappa shape index (κ2) is 5.29. The number of benzene rings is 1. The lowest BCUT2D eigenvalue weighted by atomic mass is 10.3. The van der Waals surface area contributed by atoms with Gasteiger partial charge in [-0.3, -0.25) is 0 Å². The number of halogens is 2. The Balaban J connectivity index is 2.46. The minimum atomic E-state index is 0.0822. The van der Waals surface area contributed by atoms with Crippen LogP contribution < -0.4 is 4.90 Å². The Morgan fingerprint density at radius 3 is 2.47 bits per heavy atom. The van der Waals surface area contributed by atoms with E-state index in [1.54, 1.807) is 0 Å². The van der Waals surface area contributed by atoms with Gasteiger partial charge in [0.05, 0.1) is 0 Å². The summed E-state index contributed by atoms with van der Waals surface area (Å²) in [5.41, 5.74) is 0.980. The normalized spacial score (nSPS) is 10.3. The molecule has 0 aliphatic carbocycles. The topological polar surface area (TPSA) is 41.9 Å². The predicted molar refractivity (Wildman–Crippen MR) is 69.0 cm³/mol. The molecule has 0 saturated heterocycles. The third kappa shape index (κ3) is 2.65. The summed E-state index contributed by atoms with van der Waals surface area (Å²) < 4.78 is 0. The number of nitrogens with zero attached hydrogens (tertiary/aromatic N) is 4. The molecule has 0 fully saturated rings. The van der Waals surface area contributed by atoms with Gasteiger partial charge in [-0.2, -0.15) is 4.98 Å². The van der Waals surface area contributed by atoms with Crippen molar-refractivity contribution in [1.82, 2.24) is 15.2 Å². The Hall–Kier alpha value is -1.39. The molecule has 1 heterocycles. The molecule has 4 nitrogen and oxygen atoms in total. The standard InChI is InChI=1S/C11H10Cl2N4/c1-2-17(8-6-4-3-5-7-8)10-9(12)15-16-11(13)14-10/h3-7H,2H2,1H3. The van der Waals surface area contributed by atoms with Crippen LogP contribution in [0.5, 0.6) is 0 Å². The van der Waals surface area contributed by atoms with Gasteiger partial charge < -0.3 is 4.90 Å². The third-order valence-corrected chi connectivity index (χ3v) is 2.65. The van der Waals surface area contributed by atoms with Crippen LogP contribution in [0.25, 0.3) is 0 Å². The second-order valence-corrected chi connectivity index (χ2v) is 3.97. The maximum Gasteiger partial charge on any atom is 0.245 e. The monoisotopic (exact) mass is 268 g/mol. The van der Waals surface area contributed by atoms with Gasteiger partial charge in [0.1, 0.15) is 0 Å². The molecule has 0 aliphatic rings. The van der Waals surface area contributed by atoms with Gasteiger partial charge in [0.25, 0.3) is 0 Å². The molecule has 0 atom stereocenters. The van der Waals surface area contributed by atoms with Gasteiger partial charge in [-0.25, -0.2) is 0 Å². The minimum absolute atomic E-state index is 0.0822. The van der Waals surface area contributed by atoms with E-state index in [-0.39, 0.29) is 10.4 Å². The number of anilines is 2. The number of hydrogen-bond donors (Lipinski definition) is 0. The van der Waals surface area contributed by atoms with Gasteiger partial charge in [0.15, 0.2) is 11.0 Å². The van der Waals surface area contributed by atoms with Crippen LogP contribution >= 0.6 is 23.2 Å². The lowest BCUT2D eigenvalue weighted by Crippen LogP contribution is -2.18. The molecule has 0 unspecified atom stereocenters. The first-order valence-corrected chi connectivity index (χ1v) is 5.86. The summed E-state index contributed by atoms with van der Waals surface area (Å²) in [4.78, 5) is 6.03. The van der Waals surface area contributed by atoms with Gasteiger partial charge in [-0.15, -0.1) is 10.2 Å². The van der Waals surface area contributed by atoms with Crippen molar-refractivity contribution in [2.24, 2.45) is 0 Å². The van der Waals surface area contributed by atoms with Gasteiger partial charge in [-0.1, -0.05) is 29.8 Å². The Kier molecular flexibility index (Phi) is 3.76. The molecule has 0 radical (unpaired) electrons. The van der Waals surface area contributed by atoms with E-state index in [1.807, 2.05) is 42.2 Å². The molecule has 2 rings (SSSR count). The highest BCUT2D eigenvalue weighted by Gasteiger charge is 2.14. The predicted octanol–water partition coefficient (Wildman–Crippen LogP) is 3.34. The Bertz CT molecular complexity index is 504. The van der Waals surface area contributed by atoms with Crippen LogP contribution in [0.4, 0.5) is 11.5 Å². The van der Waals surface area contributed by atoms with Gasteiger partial charge >= 0.3 is 0 Å². The Morgan fingerprint density at radius 1 is 1.12 bits per heavy atom. The fraction of sp³-hybridized carbons (Fsp3) is 0.182. The lowest BCUT2D eigenvalue weighted by Gasteiger charge is -2.22. The van der Waals surface area contributed by atoms with Crippen LogP contribution in [0.15, 0.2) is 30.3 Å². The van der Waals surface area contributed by atoms with Crippen molar-refractivity contribution < 1.29 is 0 Å². The molecule has 1 aromatic carbocycles. The summed E-state index contributed by atoms with van der Waals surface area (Å²) >= 11 is 11.7. The molecule has 6 heteroatoms. The summed E-state index contributed by atoms with van der Waals surface area (Å²) in [6.45, 7) is 2.71. The average molecular weight is 269 g/mol. The summed E-state index contributed by atoms with van der Waals surface area (Å²) in [7, 11) is 0. The van der Waals surface area contributed by atoms with E-state index >= 15 is 0 Å². The zero-order valence-electron chi connectivity index (χ0n) is 9.14. The van der Waals surface area contributed by atoms with Crippen LogP contribution in [0.2, 0.25) is 10.4 Å². The van der Waals surface area contributed by atoms with Crippen LogP contribution in [0.3, 0.4) is 0 Å². The van der Waals surface area contributed by atoms with Crippen LogP contribution in [0, 0.1) is 0 Å². The fourth-order valence-corrected chi connectivity index (χ4v) is 1.82. The van der Waals surface area contributed by atoms with E-state index in [0.29, 0.717) is 12.4 Å². The van der Waals surface area contributed by atoms with Crippen molar-refractivity contribution in [3.63, 3.8) is 0 Å². The maximum atomic E-state index is 5.98. The highest BCUT2D eigenvalue weighted by atomic mass is 35.5. The van der Waals surface area contributed by atoms with E-state index in [9.17, 15) is 0 Å². The molecular formula is C11H10Cl2N4. The van der Waals surface area contributed by atoms with E-state index in [4.69, 9.17) is 23.2 Å². The Morgan fingerprint density at radius 2 is 1.82 bits per heavy atom. The molecule has 0 bridgehead atoms. The highest BCUT2D eigenvalue weighted by molar-refractivity contribution is 6.32. The largest absolute Gasteiger partial charge is 0.324 e. The van der Waals surface area contributed by atoms with Crippen molar-refractivity contribution in [2.75, 3.05) is 11.4 Å². The zero-order chi connectivity index (χ0) is 12.3. The molecule has 1 aromatic heterocycles. The maximum absolute atomic E-state index is 5.98. The smallest absolute Gasteiger partial charge is 0.245 e.